The van der Waals surface area contributed by atoms with Crippen molar-refractivity contribution in [2.75, 3.05) is 42.3 Å². The number of tetrazole rings is 1. The standard InChI is InChI=1S/C20H19F3N6O2S/c21-20(22,23)14-6-7-16(17(12-14)28-8-10-31-11-9-28)24-18(30)13-32-19-25-26-27-29(19)15-4-2-1-3-5-15/h1-7,12H,8-11,13H2,(H,24,30). The summed E-state index contributed by atoms with van der Waals surface area (Å²) in [5.74, 6) is -0.400. The Labute approximate surface area is 185 Å². The van der Waals surface area contributed by atoms with Crippen LogP contribution in [0.3, 0.4) is 0 Å². The number of amides is 1. The fraction of sp³-hybridized carbons (Fsp3) is 0.300. The van der Waals surface area contributed by atoms with Crippen LogP contribution in [0, 0.1) is 0 Å². The van der Waals surface area contributed by atoms with Gasteiger partial charge >= 0.3 is 6.18 Å². The van der Waals surface area contributed by atoms with Gasteiger partial charge in [0.1, 0.15) is 0 Å². The highest BCUT2D eigenvalue weighted by molar-refractivity contribution is 7.99. The maximum absolute atomic E-state index is 13.2. The second-order valence-electron chi connectivity index (χ2n) is 6.87. The summed E-state index contributed by atoms with van der Waals surface area (Å²) in [6.07, 6.45) is -4.48. The van der Waals surface area contributed by atoms with Crippen molar-refractivity contribution in [1.82, 2.24) is 20.2 Å². The van der Waals surface area contributed by atoms with Crippen LogP contribution in [0.15, 0.2) is 53.7 Å². The van der Waals surface area contributed by atoms with Crippen molar-refractivity contribution in [3.63, 3.8) is 0 Å². The van der Waals surface area contributed by atoms with Gasteiger partial charge in [0.2, 0.25) is 11.1 Å². The van der Waals surface area contributed by atoms with Crippen molar-refractivity contribution in [3.05, 3.63) is 54.1 Å². The Morgan fingerprint density at radius 3 is 2.59 bits per heavy atom. The molecule has 0 spiro atoms. The van der Waals surface area contributed by atoms with E-state index in [1.54, 1.807) is 4.90 Å². The SMILES string of the molecule is O=C(CSc1nnnn1-c1ccccc1)Nc1ccc(C(F)(F)F)cc1N1CCOCC1. The van der Waals surface area contributed by atoms with Gasteiger partial charge in [-0.05, 0) is 40.8 Å². The lowest BCUT2D eigenvalue weighted by Gasteiger charge is -2.31. The minimum atomic E-state index is -4.48. The van der Waals surface area contributed by atoms with Crippen LogP contribution in [0.1, 0.15) is 5.56 Å². The number of carbonyl (C=O) groups excluding carboxylic acids is 1. The van der Waals surface area contributed by atoms with Crippen molar-refractivity contribution < 1.29 is 22.7 Å². The van der Waals surface area contributed by atoms with Crippen molar-refractivity contribution in [1.29, 1.82) is 0 Å². The predicted molar refractivity (Wildman–Crippen MR) is 113 cm³/mol. The molecule has 0 aliphatic carbocycles. The van der Waals surface area contributed by atoms with E-state index in [0.29, 0.717) is 42.8 Å². The molecule has 1 fully saturated rings. The number of carbonyl (C=O) groups is 1. The van der Waals surface area contributed by atoms with Crippen molar-refractivity contribution in [3.8, 4) is 5.69 Å². The molecule has 2 aromatic carbocycles. The molecular weight excluding hydrogens is 445 g/mol. The Hall–Kier alpha value is -3.12. The zero-order valence-electron chi connectivity index (χ0n) is 16.7. The molecular formula is C20H19F3N6O2S. The predicted octanol–water partition coefficient (Wildman–Crippen LogP) is 3.25. The van der Waals surface area contributed by atoms with E-state index in [1.165, 1.54) is 10.7 Å². The lowest BCUT2D eigenvalue weighted by Crippen LogP contribution is -2.37. The second-order valence-corrected chi connectivity index (χ2v) is 7.82. The summed E-state index contributed by atoms with van der Waals surface area (Å²) in [6, 6.07) is 12.5. The van der Waals surface area contributed by atoms with Crippen LogP contribution in [0.2, 0.25) is 0 Å². The van der Waals surface area contributed by atoms with Gasteiger partial charge in [-0.3, -0.25) is 4.79 Å². The van der Waals surface area contributed by atoms with Crippen LogP contribution < -0.4 is 10.2 Å². The van der Waals surface area contributed by atoms with Crippen LogP contribution in [-0.4, -0.2) is 58.2 Å². The van der Waals surface area contributed by atoms with E-state index in [0.717, 1.165) is 29.6 Å². The Kier molecular flexibility index (Phi) is 6.61. The highest BCUT2D eigenvalue weighted by Crippen LogP contribution is 2.36. The van der Waals surface area contributed by atoms with Crippen molar-refractivity contribution in [2.45, 2.75) is 11.3 Å². The van der Waals surface area contributed by atoms with Crippen LogP contribution in [0.4, 0.5) is 24.5 Å². The van der Waals surface area contributed by atoms with Gasteiger partial charge in [-0.15, -0.1) is 5.10 Å². The fourth-order valence-corrected chi connectivity index (χ4v) is 3.89. The quantitative estimate of drug-likeness (QED) is 0.561. The van der Waals surface area contributed by atoms with Gasteiger partial charge in [-0.25, -0.2) is 0 Å². The molecule has 8 nitrogen and oxygen atoms in total. The first-order valence-electron chi connectivity index (χ1n) is 9.72. The summed E-state index contributed by atoms with van der Waals surface area (Å²) >= 11 is 1.13. The molecule has 4 rings (SSSR count). The number of aromatic nitrogens is 4. The van der Waals surface area contributed by atoms with Gasteiger partial charge in [0.05, 0.1) is 41.6 Å². The number of morpholine rings is 1. The monoisotopic (exact) mass is 464 g/mol. The molecule has 1 N–H and O–H groups in total. The summed E-state index contributed by atoms with van der Waals surface area (Å²) in [4.78, 5) is 14.4. The Bertz CT molecular complexity index is 1070. The molecule has 3 aromatic rings. The molecule has 1 aromatic heterocycles. The Morgan fingerprint density at radius 2 is 1.88 bits per heavy atom. The van der Waals surface area contributed by atoms with E-state index >= 15 is 0 Å². The first kappa shape index (κ1) is 22.1. The molecule has 32 heavy (non-hydrogen) atoms. The number of rotatable bonds is 6. The molecule has 12 heteroatoms. The van der Waals surface area contributed by atoms with E-state index in [-0.39, 0.29) is 11.7 Å². The number of nitrogens with one attached hydrogen (secondary N) is 1. The van der Waals surface area contributed by atoms with Crippen LogP contribution in [0.5, 0.6) is 0 Å². The molecule has 1 amide bonds. The highest BCUT2D eigenvalue weighted by Gasteiger charge is 2.32. The summed E-state index contributed by atoms with van der Waals surface area (Å²) < 4.78 is 46.5. The largest absolute Gasteiger partial charge is 0.416 e. The van der Waals surface area contributed by atoms with E-state index in [2.05, 4.69) is 20.8 Å². The minimum Gasteiger partial charge on any atom is -0.378 e. The van der Waals surface area contributed by atoms with Crippen molar-refractivity contribution >= 4 is 29.0 Å². The first-order valence-corrected chi connectivity index (χ1v) is 10.7. The number of alkyl halides is 3. The molecule has 0 atom stereocenters. The van der Waals surface area contributed by atoms with Gasteiger partial charge in [-0.2, -0.15) is 17.9 Å². The molecule has 1 aliphatic heterocycles. The first-order chi connectivity index (χ1) is 15.4. The van der Waals surface area contributed by atoms with Gasteiger partial charge in [-0.1, -0.05) is 30.0 Å². The highest BCUT2D eigenvalue weighted by atomic mass is 32.2. The molecule has 0 bridgehead atoms. The summed E-state index contributed by atoms with van der Waals surface area (Å²) in [7, 11) is 0. The smallest absolute Gasteiger partial charge is 0.378 e. The summed E-state index contributed by atoms with van der Waals surface area (Å²) in [5.41, 5.74) is 0.606. The maximum Gasteiger partial charge on any atom is 0.416 e. The summed E-state index contributed by atoms with van der Waals surface area (Å²) in [6.45, 7) is 1.68. The number of hydrogen-bond acceptors (Lipinski definition) is 7. The lowest BCUT2D eigenvalue weighted by molar-refractivity contribution is -0.137. The van der Waals surface area contributed by atoms with E-state index in [1.807, 2.05) is 30.3 Å². The van der Waals surface area contributed by atoms with Gasteiger partial charge in [0.15, 0.2) is 0 Å². The van der Waals surface area contributed by atoms with Gasteiger partial charge < -0.3 is 15.0 Å². The molecule has 2 heterocycles. The van der Waals surface area contributed by atoms with Crippen LogP contribution >= 0.6 is 11.8 Å². The zero-order valence-corrected chi connectivity index (χ0v) is 17.6. The number of halogens is 3. The zero-order chi connectivity index (χ0) is 22.6. The Balaban J connectivity index is 1.48. The normalized spacial score (nSPS) is 14.4. The number of anilines is 2. The van der Waals surface area contributed by atoms with E-state index in [9.17, 15) is 18.0 Å². The van der Waals surface area contributed by atoms with Crippen LogP contribution in [0.25, 0.3) is 5.69 Å². The summed E-state index contributed by atoms with van der Waals surface area (Å²) in [5, 5.41) is 14.7. The number of para-hydroxylation sites is 1. The topological polar surface area (TPSA) is 85.2 Å². The number of benzene rings is 2. The molecule has 0 saturated carbocycles. The number of hydrogen-bond donors (Lipinski definition) is 1. The van der Waals surface area contributed by atoms with E-state index < -0.39 is 11.7 Å². The minimum absolute atomic E-state index is 0.0171. The average Bonchev–Trinajstić information content (AvgIpc) is 3.27. The third-order valence-corrected chi connectivity index (χ3v) is 5.64. The van der Waals surface area contributed by atoms with Gasteiger partial charge in [0.25, 0.3) is 0 Å². The second kappa shape index (κ2) is 9.57. The average molecular weight is 464 g/mol. The molecule has 0 unspecified atom stereocenters. The van der Waals surface area contributed by atoms with Crippen molar-refractivity contribution in [2.24, 2.45) is 0 Å². The molecule has 1 aliphatic rings. The third kappa shape index (κ3) is 5.19. The third-order valence-electron chi connectivity index (χ3n) is 4.72. The number of nitrogens with zero attached hydrogens (tertiary/aromatic N) is 5. The number of thioether (sulfide) groups is 1. The Morgan fingerprint density at radius 1 is 1.12 bits per heavy atom. The van der Waals surface area contributed by atoms with Crippen LogP contribution in [-0.2, 0) is 15.7 Å². The lowest BCUT2D eigenvalue weighted by atomic mass is 10.1. The fourth-order valence-electron chi connectivity index (χ4n) is 3.20. The molecule has 168 valence electrons. The number of ether oxygens (including phenoxy) is 1. The molecule has 1 saturated heterocycles. The van der Waals surface area contributed by atoms with E-state index in [4.69, 9.17) is 4.74 Å². The molecule has 0 radical (unpaired) electrons. The maximum atomic E-state index is 13.2. The van der Waals surface area contributed by atoms with Gasteiger partial charge in [0, 0.05) is 13.1 Å².